The lowest BCUT2D eigenvalue weighted by Gasteiger charge is -2.20. The Morgan fingerprint density at radius 2 is 1.65 bits per heavy atom. The highest BCUT2D eigenvalue weighted by molar-refractivity contribution is 7.92. The Labute approximate surface area is 182 Å². The maximum absolute atomic E-state index is 13.0. The second-order valence-electron chi connectivity index (χ2n) is 6.75. The van der Waals surface area contributed by atoms with Crippen LogP contribution in [0.5, 0.6) is 0 Å². The number of hydrogen-bond acceptors (Lipinski definition) is 4. The molecule has 0 bridgehead atoms. The van der Waals surface area contributed by atoms with Crippen molar-refractivity contribution in [3.8, 4) is 6.07 Å². The molecule has 6 nitrogen and oxygen atoms in total. The Morgan fingerprint density at radius 3 is 2.32 bits per heavy atom. The number of nitriles is 1. The number of sulfonamides is 1. The number of amides is 1. The molecule has 1 amide bonds. The van der Waals surface area contributed by atoms with Gasteiger partial charge < -0.3 is 5.32 Å². The molecule has 3 aromatic rings. The van der Waals surface area contributed by atoms with Gasteiger partial charge in [0.15, 0.2) is 0 Å². The average molecular weight is 432 g/mol. The van der Waals surface area contributed by atoms with Crippen LogP contribution in [-0.2, 0) is 21.4 Å². The van der Waals surface area contributed by atoms with Gasteiger partial charge in [-0.05, 0) is 35.4 Å². The van der Waals surface area contributed by atoms with Crippen molar-refractivity contribution in [1.82, 2.24) is 4.31 Å². The maximum atomic E-state index is 13.0. The van der Waals surface area contributed by atoms with Gasteiger partial charge in [0.1, 0.15) is 0 Å². The first-order chi connectivity index (χ1) is 15.0. The topological polar surface area (TPSA) is 90.3 Å². The molecule has 3 rings (SSSR count). The van der Waals surface area contributed by atoms with E-state index in [0.717, 1.165) is 20.8 Å². The second kappa shape index (κ2) is 10.3. The third kappa shape index (κ3) is 6.64. The van der Waals surface area contributed by atoms with Crippen molar-refractivity contribution in [3.05, 3.63) is 107 Å². The lowest BCUT2D eigenvalue weighted by atomic mass is 10.2. The van der Waals surface area contributed by atoms with Crippen LogP contribution in [0.15, 0.2) is 90.3 Å². The Morgan fingerprint density at radius 1 is 0.968 bits per heavy atom. The van der Waals surface area contributed by atoms with E-state index in [-0.39, 0.29) is 13.1 Å². The fourth-order valence-corrected chi connectivity index (χ4v) is 3.99. The smallest absolute Gasteiger partial charge is 0.239 e. The van der Waals surface area contributed by atoms with Crippen molar-refractivity contribution in [2.45, 2.75) is 6.54 Å². The fourth-order valence-electron chi connectivity index (χ4n) is 2.86. The van der Waals surface area contributed by atoms with Crippen LogP contribution in [0.4, 0.5) is 5.69 Å². The SMILES string of the molecule is N#Cc1cccc(NC(=O)CN(Cc2ccccc2)S(=O)(=O)/C=C/c2ccccc2)c1. The van der Waals surface area contributed by atoms with Gasteiger partial charge in [0.25, 0.3) is 0 Å². The number of benzene rings is 3. The van der Waals surface area contributed by atoms with Gasteiger partial charge in [0.05, 0.1) is 18.2 Å². The molecule has 0 saturated carbocycles. The Hall–Kier alpha value is -3.73. The lowest BCUT2D eigenvalue weighted by molar-refractivity contribution is -0.116. The minimum absolute atomic E-state index is 0.0496. The van der Waals surface area contributed by atoms with Crippen LogP contribution in [0.2, 0.25) is 0 Å². The minimum Gasteiger partial charge on any atom is -0.325 e. The van der Waals surface area contributed by atoms with E-state index in [4.69, 9.17) is 5.26 Å². The van der Waals surface area contributed by atoms with Crippen LogP contribution in [0.25, 0.3) is 6.08 Å². The Bertz CT molecular complexity index is 1200. The van der Waals surface area contributed by atoms with Gasteiger partial charge in [0.2, 0.25) is 15.9 Å². The van der Waals surface area contributed by atoms with Crippen molar-refractivity contribution in [2.24, 2.45) is 0 Å². The van der Waals surface area contributed by atoms with Gasteiger partial charge in [-0.25, -0.2) is 8.42 Å². The summed E-state index contributed by atoms with van der Waals surface area (Å²) in [5, 5.41) is 12.8. The number of carbonyl (C=O) groups excluding carboxylic acids is 1. The highest BCUT2D eigenvalue weighted by Crippen LogP contribution is 2.14. The molecular formula is C24H21N3O3S. The number of anilines is 1. The maximum Gasteiger partial charge on any atom is 0.239 e. The third-order valence-corrected chi connectivity index (χ3v) is 5.85. The summed E-state index contributed by atoms with van der Waals surface area (Å²) in [6.07, 6.45) is 1.50. The summed E-state index contributed by atoms with van der Waals surface area (Å²) in [4.78, 5) is 12.6. The van der Waals surface area contributed by atoms with E-state index < -0.39 is 15.9 Å². The van der Waals surface area contributed by atoms with E-state index >= 15 is 0 Å². The van der Waals surface area contributed by atoms with Gasteiger partial charge in [-0.1, -0.05) is 66.7 Å². The highest BCUT2D eigenvalue weighted by Gasteiger charge is 2.23. The van der Waals surface area contributed by atoms with Gasteiger partial charge >= 0.3 is 0 Å². The zero-order chi connectivity index (χ0) is 22.1. The summed E-state index contributed by atoms with van der Waals surface area (Å²) in [6, 6.07) is 26.6. The molecule has 0 radical (unpaired) electrons. The molecule has 0 aromatic heterocycles. The van der Waals surface area contributed by atoms with E-state index in [2.05, 4.69) is 5.32 Å². The van der Waals surface area contributed by atoms with E-state index in [1.165, 1.54) is 12.1 Å². The average Bonchev–Trinajstić information content (AvgIpc) is 2.79. The number of carbonyl (C=O) groups is 1. The lowest BCUT2D eigenvalue weighted by Crippen LogP contribution is -2.36. The zero-order valence-corrected chi connectivity index (χ0v) is 17.5. The van der Waals surface area contributed by atoms with E-state index in [9.17, 15) is 13.2 Å². The summed E-state index contributed by atoms with van der Waals surface area (Å²) < 4.78 is 27.1. The largest absolute Gasteiger partial charge is 0.325 e. The van der Waals surface area contributed by atoms with Gasteiger partial charge in [-0.3, -0.25) is 4.79 Å². The van der Waals surface area contributed by atoms with E-state index in [0.29, 0.717) is 11.3 Å². The molecule has 0 saturated heterocycles. The molecular weight excluding hydrogens is 410 g/mol. The van der Waals surface area contributed by atoms with Crippen LogP contribution in [0.1, 0.15) is 16.7 Å². The molecule has 0 unspecified atom stereocenters. The molecule has 0 heterocycles. The monoisotopic (exact) mass is 431 g/mol. The predicted molar refractivity (Wildman–Crippen MR) is 121 cm³/mol. The highest BCUT2D eigenvalue weighted by atomic mass is 32.2. The molecule has 1 N–H and O–H groups in total. The Balaban J connectivity index is 1.80. The summed E-state index contributed by atoms with van der Waals surface area (Å²) >= 11 is 0. The van der Waals surface area contributed by atoms with E-state index in [1.807, 2.05) is 42.5 Å². The van der Waals surface area contributed by atoms with Crippen molar-refractivity contribution < 1.29 is 13.2 Å². The zero-order valence-electron chi connectivity index (χ0n) is 16.7. The summed E-state index contributed by atoms with van der Waals surface area (Å²) in [6.45, 7) is -0.318. The van der Waals surface area contributed by atoms with Crippen LogP contribution in [-0.4, -0.2) is 25.2 Å². The molecule has 31 heavy (non-hydrogen) atoms. The van der Waals surface area contributed by atoms with Crippen LogP contribution in [0, 0.1) is 11.3 Å². The van der Waals surface area contributed by atoms with Crippen LogP contribution < -0.4 is 5.32 Å². The van der Waals surface area contributed by atoms with Gasteiger partial charge in [-0.2, -0.15) is 9.57 Å². The normalized spacial score (nSPS) is 11.4. The quantitative estimate of drug-likeness (QED) is 0.584. The van der Waals surface area contributed by atoms with E-state index in [1.54, 1.807) is 42.5 Å². The van der Waals surface area contributed by atoms with Crippen molar-refractivity contribution in [2.75, 3.05) is 11.9 Å². The van der Waals surface area contributed by atoms with Crippen molar-refractivity contribution >= 4 is 27.7 Å². The molecule has 156 valence electrons. The molecule has 0 aliphatic carbocycles. The molecule has 0 atom stereocenters. The Kier molecular flexibility index (Phi) is 7.33. The number of nitrogens with one attached hydrogen (secondary N) is 1. The standard InChI is InChI=1S/C24H21N3O3S/c25-17-22-12-7-13-23(16-22)26-24(28)19-27(18-21-10-5-2-6-11-21)31(29,30)15-14-20-8-3-1-4-9-20/h1-16H,18-19H2,(H,26,28)/b15-14+. The van der Waals surface area contributed by atoms with Crippen LogP contribution >= 0.6 is 0 Å². The fraction of sp³-hybridized carbons (Fsp3) is 0.0833. The first-order valence-corrected chi connectivity index (χ1v) is 11.0. The molecule has 0 aliphatic heterocycles. The van der Waals surface area contributed by atoms with Crippen molar-refractivity contribution in [3.63, 3.8) is 0 Å². The number of nitrogens with zero attached hydrogens (tertiary/aromatic N) is 2. The third-order valence-electron chi connectivity index (χ3n) is 4.39. The molecule has 0 aliphatic rings. The van der Waals surface area contributed by atoms with Crippen LogP contribution in [0.3, 0.4) is 0 Å². The summed E-state index contributed by atoms with van der Waals surface area (Å²) in [7, 11) is -3.88. The molecule has 3 aromatic carbocycles. The number of hydrogen-bond donors (Lipinski definition) is 1. The number of rotatable bonds is 8. The first kappa shape index (κ1) is 22.0. The second-order valence-corrected chi connectivity index (χ2v) is 8.57. The summed E-state index contributed by atoms with van der Waals surface area (Å²) in [5.74, 6) is -0.497. The minimum atomic E-state index is -3.88. The first-order valence-electron chi connectivity index (χ1n) is 9.53. The molecule has 0 spiro atoms. The van der Waals surface area contributed by atoms with Gasteiger partial charge in [-0.15, -0.1) is 0 Å². The summed E-state index contributed by atoms with van der Waals surface area (Å²) in [5.41, 5.74) is 2.33. The predicted octanol–water partition coefficient (Wildman–Crippen LogP) is 4.00. The van der Waals surface area contributed by atoms with Gasteiger partial charge in [0, 0.05) is 17.6 Å². The molecule has 7 heteroatoms. The molecule has 0 fully saturated rings. The van der Waals surface area contributed by atoms with Crippen molar-refractivity contribution in [1.29, 1.82) is 5.26 Å².